The van der Waals surface area contributed by atoms with E-state index in [1.54, 1.807) is 25.1 Å². The van der Waals surface area contributed by atoms with Crippen molar-refractivity contribution in [2.75, 3.05) is 0 Å². The van der Waals surface area contributed by atoms with Gasteiger partial charge in [0.25, 0.3) is 0 Å². The summed E-state index contributed by atoms with van der Waals surface area (Å²) >= 11 is 1.08. The van der Waals surface area contributed by atoms with Gasteiger partial charge in [0.1, 0.15) is 11.5 Å². The molecule has 0 aliphatic rings. The van der Waals surface area contributed by atoms with Gasteiger partial charge in [0.15, 0.2) is 5.75 Å². The quantitative estimate of drug-likeness (QED) is 0.675. The smallest absolute Gasteiger partial charge is 0.345 e. The fourth-order valence-electron chi connectivity index (χ4n) is 1.70. The number of ether oxygens (including phenoxy) is 1. The number of carboxylic acid groups (broad SMARTS) is 1. The molecule has 0 saturated carbocycles. The molecule has 0 radical (unpaired) electrons. The third kappa shape index (κ3) is 2.94. The molecule has 6 nitrogen and oxygen atoms in total. The minimum Gasteiger partial charge on any atom is -0.481 e. The Bertz CT molecular complexity index is 665. The van der Waals surface area contributed by atoms with Crippen molar-refractivity contribution < 1.29 is 19.6 Å². The summed E-state index contributed by atoms with van der Waals surface area (Å²) in [5, 5.41) is 19.8. The van der Waals surface area contributed by atoms with E-state index in [1.165, 1.54) is 12.1 Å². The van der Waals surface area contributed by atoms with Gasteiger partial charge >= 0.3 is 11.7 Å². The van der Waals surface area contributed by atoms with E-state index in [2.05, 4.69) is 0 Å². The first-order valence-electron chi connectivity index (χ1n) is 5.68. The first-order chi connectivity index (χ1) is 9.49. The predicted molar refractivity (Wildman–Crippen MR) is 73.4 cm³/mol. The Morgan fingerprint density at radius 3 is 2.75 bits per heavy atom. The molecule has 0 aliphatic carbocycles. The van der Waals surface area contributed by atoms with Gasteiger partial charge in [-0.25, -0.2) is 4.79 Å². The van der Waals surface area contributed by atoms with E-state index in [4.69, 9.17) is 9.84 Å². The monoisotopic (exact) mass is 293 g/mol. The van der Waals surface area contributed by atoms with Crippen LogP contribution in [0.1, 0.15) is 20.1 Å². The molecule has 0 aliphatic heterocycles. The Hall–Kier alpha value is -2.41. The van der Waals surface area contributed by atoms with E-state index in [0.29, 0.717) is 10.4 Å². The topological polar surface area (TPSA) is 89.7 Å². The number of nitro benzene ring substituents is 1. The molecule has 1 aromatic carbocycles. The van der Waals surface area contributed by atoms with Crippen molar-refractivity contribution in [3.05, 3.63) is 55.8 Å². The van der Waals surface area contributed by atoms with E-state index in [9.17, 15) is 14.9 Å². The van der Waals surface area contributed by atoms with Crippen molar-refractivity contribution in [3.8, 4) is 5.75 Å². The van der Waals surface area contributed by atoms with Gasteiger partial charge in [0.05, 0.1) is 4.92 Å². The van der Waals surface area contributed by atoms with Crippen LogP contribution in [-0.4, -0.2) is 16.0 Å². The molecular formula is C13H11NO5S. The van der Waals surface area contributed by atoms with E-state index >= 15 is 0 Å². The minimum absolute atomic E-state index is 0.0671. The lowest BCUT2D eigenvalue weighted by molar-refractivity contribution is -0.386. The van der Waals surface area contributed by atoms with Gasteiger partial charge in [-0.3, -0.25) is 10.1 Å². The second kappa shape index (κ2) is 5.70. The molecule has 0 fully saturated rings. The van der Waals surface area contributed by atoms with Crippen molar-refractivity contribution in [1.29, 1.82) is 0 Å². The van der Waals surface area contributed by atoms with E-state index in [-0.39, 0.29) is 22.9 Å². The minimum atomic E-state index is -0.997. The Kier molecular flexibility index (Phi) is 3.99. The lowest BCUT2D eigenvalue weighted by atomic mass is 10.2. The zero-order valence-electron chi connectivity index (χ0n) is 10.5. The van der Waals surface area contributed by atoms with Crippen LogP contribution in [0.2, 0.25) is 0 Å². The molecule has 2 aromatic rings. The summed E-state index contributed by atoms with van der Waals surface area (Å²) in [6, 6.07) is 7.95. The lowest BCUT2D eigenvalue weighted by Gasteiger charge is -2.06. The van der Waals surface area contributed by atoms with Crippen LogP contribution in [0, 0.1) is 17.0 Å². The summed E-state index contributed by atoms with van der Waals surface area (Å²) < 4.78 is 5.43. The molecule has 0 atom stereocenters. The van der Waals surface area contributed by atoms with Crippen molar-refractivity contribution in [3.63, 3.8) is 0 Å². The van der Waals surface area contributed by atoms with Gasteiger partial charge in [0.2, 0.25) is 0 Å². The van der Waals surface area contributed by atoms with E-state index in [0.717, 1.165) is 11.3 Å². The average molecular weight is 293 g/mol. The van der Waals surface area contributed by atoms with Crippen LogP contribution in [-0.2, 0) is 6.61 Å². The summed E-state index contributed by atoms with van der Waals surface area (Å²) in [4.78, 5) is 22.2. The second-order valence-corrected chi connectivity index (χ2v) is 5.21. The summed E-state index contributed by atoms with van der Waals surface area (Å²) in [5.41, 5.74) is 0.451. The SMILES string of the molecule is Cc1cccc(OCc2ccc(C(=O)O)s2)c1[N+](=O)[O-]. The number of aryl methyl sites for hydroxylation is 1. The molecule has 2 rings (SSSR count). The Morgan fingerprint density at radius 1 is 1.40 bits per heavy atom. The molecule has 104 valence electrons. The maximum absolute atomic E-state index is 11.0. The number of carboxylic acids is 1. The zero-order chi connectivity index (χ0) is 14.7. The summed E-state index contributed by atoms with van der Waals surface area (Å²) in [7, 11) is 0. The highest BCUT2D eigenvalue weighted by atomic mass is 32.1. The van der Waals surface area contributed by atoms with Crippen LogP contribution in [0.4, 0.5) is 5.69 Å². The Balaban J connectivity index is 2.16. The lowest BCUT2D eigenvalue weighted by Crippen LogP contribution is -1.99. The first kappa shape index (κ1) is 14.0. The number of nitro groups is 1. The highest BCUT2D eigenvalue weighted by Gasteiger charge is 2.18. The van der Waals surface area contributed by atoms with Gasteiger partial charge in [-0.2, -0.15) is 0 Å². The van der Waals surface area contributed by atoms with E-state index in [1.807, 2.05) is 0 Å². The van der Waals surface area contributed by atoms with Gasteiger partial charge in [-0.1, -0.05) is 12.1 Å². The van der Waals surface area contributed by atoms with Crippen molar-refractivity contribution in [2.24, 2.45) is 0 Å². The van der Waals surface area contributed by atoms with Crippen LogP contribution in [0.5, 0.6) is 5.75 Å². The molecule has 7 heteroatoms. The third-order valence-corrected chi connectivity index (χ3v) is 3.67. The van der Waals surface area contributed by atoms with Gasteiger partial charge in [0, 0.05) is 10.4 Å². The fraction of sp³-hybridized carbons (Fsp3) is 0.154. The number of thiophene rings is 1. The molecule has 20 heavy (non-hydrogen) atoms. The first-order valence-corrected chi connectivity index (χ1v) is 6.49. The Labute approximate surface area is 118 Å². The normalized spacial score (nSPS) is 10.2. The number of hydrogen-bond donors (Lipinski definition) is 1. The van der Waals surface area contributed by atoms with E-state index < -0.39 is 10.9 Å². The maximum atomic E-state index is 11.0. The highest BCUT2D eigenvalue weighted by Crippen LogP contribution is 2.31. The molecule has 0 bridgehead atoms. The second-order valence-electron chi connectivity index (χ2n) is 4.04. The third-order valence-electron chi connectivity index (χ3n) is 2.63. The summed E-state index contributed by atoms with van der Waals surface area (Å²) in [5.74, 6) is -0.817. The van der Waals surface area contributed by atoms with Crippen LogP contribution in [0.15, 0.2) is 30.3 Å². The number of aromatic carboxylic acids is 1. The molecule has 0 saturated heterocycles. The van der Waals surface area contributed by atoms with Crippen molar-refractivity contribution in [1.82, 2.24) is 0 Å². The average Bonchev–Trinajstić information content (AvgIpc) is 2.84. The van der Waals surface area contributed by atoms with Crippen LogP contribution >= 0.6 is 11.3 Å². The van der Waals surface area contributed by atoms with Crippen LogP contribution in [0.3, 0.4) is 0 Å². The Morgan fingerprint density at radius 2 is 2.15 bits per heavy atom. The highest BCUT2D eigenvalue weighted by molar-refractivity contribution is 7.13. The number of para-hydroxylation sites is 1. The number of rotatable bonds is 5. The van der Waals surface area contributed by atoms with Gasteiger partial charge in [-0.15, -0.1) is 11.3 Å². The zero-order valence-corrected chi connectivity index (χ0v) is 11.3. The van der Waals surface area contributed by atoms with Gasteiger partial charge < -0.3 is 9.84 Å². The molecule has 0 spiro atoms. The molecular weight excluding hydrogens is 282 g/mol. The molecule has 1 N–H and O–H groups in total. The van der Waals surface area contributed by atoms with Crippen LogP contribution in [0.25, 0.3) is 0 Å². The number of hydrogen-bond acceptors (Lipinski definition) is 5. The molecule has 1 heterocycles. The van der Waals surface area contributed by atoms with Crippen molar-refractivity contribution >= 4 is 23.0 Å². The molecule has 0 amide bonds. The predicted octanol–water partition coefficient (Wildman–Crippen LogP) is 3.24. The standard InChI is InChI=1S/C13H11NO5S/c1-8-3-2-4-10(12(8)14(17)18)19-7-9-5-6-11(20-9)13(15)16/h2-6H,7H2,1H3,(H,15,16). The number of nitrogens with zero attached hydrogens (tertiary/aromatic N) is 1. The van der Waals surface area contributed by atoms with Crippen LogP contribution < -0.4 is 4.74 Å². The van der Waals surface area contributed by atoms with Gasteiger partial charge in [-0.05, 0) is 25.1 Å². The summed E-state index contributed by atoms with van der Waals surface area (Å²) in [6.07, 6.45) is 0. The molecule has 0 unspecified atom stereocenters. The summed E-state index contributed by atoms with van der Waals surface area (Å²) in [6.45, 7) is 1.74. The molecule has 1 aromatic heterocycles. The number of benzene rings is 1. The van der Waals surface area contributed by atoms with Crippen molar-refractivity contribution in [2.45, 2.75) is 13.5 Å². The number of carbonyl (C=O) groups is 1. The largest absolute Gasteiger partial charge is 0.481 e. The fourth-order valence-corrected chi connectivity index (χ4v) is 2.46. The maximum Gasteiger partial charge on any atom is 0.345 e.